The van der Waals surface area contributed by atoms with Crippen molar-refractivity contribution in [1.82, 2.24) is 10.9 Å². The Morgan fingerprint density at radius 3 is 2.32 bits per heavy atom. The molecule has 0 aliphatic rings. The Balaban J connectivity index is 2.03. The van der Waals surface area contributed by atoms with E-state index in [-0.39, 0.29) is 16.1 Å². The van der Waals surface area contributed by atoms with E-state index in [1.807, 2.05) is 6.26 Å². The zero-order chi connectivity index (χ0) is 16.1. The SMILES string of the molecule is CSc1ccc(Cl)c(C(=O)NNC(=O)c2ccc(F)cc2)c1. The molecule has 4 nitrogen and oxygen atoms in total. The molecule has 0 saturated carbocycles. The fraction of sp³-hybridized carbons (Fsp3) is 0.0667. The predicted octanol–water partition coefficient (Wildman–Crippen LogP) is 3.28. The Bertz CT molecular complexity index is 707. The van der Waals surface area contributed by atoms with Gasteiger partial charge in [-0.1, -0.05) is 11.6 Å². The van der Waals surface area contributed by atoms with Crippen LogP contribution in [0.5, 0.6) is 0 Å². The lowest BCUT2D eigenvalue weighted by atomic mass is 10.2. The lowest BCUT2D eigenvalue weighted by molar-refractivity contribution is 0.0846. The summed E-state index contributed by atoms with van der Waals surface area (Å²) >= 11 is 7.44. The largest absolute Gasteiger partial charge is 0.271 e. The molecule has 0 atom stereocenters. The topological polar surface area (TPSA) is 58.2 Å². The molecule has 0 bridgehead atoms. The van der Waals surface area contributed by atoms with Crippen LogP contribution in [-0.2, 0) is 0 Å². The molecule has 0 aliphatic carbocycles. The molecule has 0 aliphatic heterocycles. The Kier molecular flexibility index (Phi) is 5.41. The van der Waals surface area contributed by atoms with Gasteiger partial charge in [-0.15, -0.1) is 11.8 Å². The van der Waals surface area contributed by atoms with Crippen molar-refractivity contribution in [2.45, 2.75) is 4.90 Å². The third kappa shape index (κ3) is 3.99. The van der Waals surface area contributed by atoms with Gasteiger partial charge in [0, 0.05) is 10.5 Å². The number of hydrogen-bond donors (Lipinski definition) is 2. The molecule has 7 heteroatoms. The lowest BCUT2D eigenvalue weighted by Crippen LogP contribution is -2.41. The van der Waals surface area contributed by atoms with E-state index >= 15 is 0 Å². The molecule has 2 amide bonds. The number of hydrazine groups is 1. The third-order valence-corrected chi connectivity index (χ3v) is 3.87. The van der Waals surface area contributed by atoms with Crippen molar-refractivity contribution >= 4 is 35.2 Å². The summed E-state index contributed by atoms with van der Waals surface area (Å²) in [5, 5.41) is 0.284. The summed E-state index contributed by atoms with van der Waals surface area (Å²) in [4.78, 5) is 24.7. The maximum atomic E-state index is 12.8. The molecule has 2 N–H and O–H groups in total. The Hall–Kier alpha value is -2.05. The second-order valence-corrected chi connectivity index (χ2v) is 5.55. The van der Waals surface area contributed by atoms with E-state index < -0.39 is 17.6 Å². The van der Waals surface area contributed by atoms with Crippen LogP contribution in [0.2, 0.25) is 5.02 Å². The number of rotatable bonds is 3. The van der Waals surface area contributed by atoms with Crippen molar-refractivity contribution in [3.8, 4) is 0 Å². The Labute approximate surface area is 136 Å². The fourth-order valence-electron chi connectivity index (χ4n) is 1.66. The molecule has 114 valence electrons. The van der Waals surface area contributed by atoms with Crippen molar-refractivity contribution in [3.05, 3.63) is 64.4 Å². The zero-order valence-electron chi connectivity index (χ0n) is 11.5. The summed E-state index contributed by atoms with van der Waals surface area (Å²) in [6, 6.07) is 10.00. The first kappa shape index (κ1) is 16.3. The minimum absolute atomic E-state index is 0.227. The number of hydrogen-bond acceptors (Lipinski definition) is 3. The lowest BCUT2D eigenvalue weighted by Gasteiger charge is -2.09. The van der Waals surface area contributed by atoms with Crippen molar-refractivity contribution in [1.29, 1.82) is 0 Å². The highest BCUT2D eigenvalue weighted by molar-refractivity contribution is 7.98. The second kappa shape index (κ2) is 7.29. The quantitative estimate of drug-likeness (QED) is 0.667. The Morgan fingerprint density at radius 2 is 1.68 bits per heavy atom. The van der Waals surface area contributed by atoms with Gasteiger partial charge in [0.25, 0.3) is 11.8 Å². The van der Waals surface area contributed by atoms with E-state index in [1.54, 1.807) is 18.2 Å². The van der Waals surface area contributed by atoms with Crippen molar-refractivity contribution in [2.24, 2.45) is 0 Å². The smallest absolute Gasteiger partial charge is 0.267 e. The number of carbonyl (C=O) groups excluding carboxylic acids is 2. The maximum Gasteiger partial charge on any atom is 0.271 e. The van der Waals surface area contributed by atoms with Gasteiger partial charge in [-0.05, 0) is 48.7 Å². The van der Waals surface area contributed by atoms with E-state index in [1.165, 1.54) is 23.9 Å². The van der Waals surface area contributed by atoms with Crippen LogP contribution in [0.1, 0.15) is 20.7 Å². The molecule has 0 saturated heterocycles. The first-order chi connectivity index (χ1) is 10.5. The van der Waals surface area contributed by atoms with E-state index in [4.69, 9.17) is 11.6 Å². The summed E-state index contributed by atoms with van der Waals surface area (Å²) < 4.78 is 12.8. The van der Waals surface area contributed by atoms with E-state index in [0.717, 1.165) is 17.0 Å². The van der Waals surface area contributed by atoms with Crippen LogP contribution in [0, 0.1) is 5.82 Å². The van der Waals surface area contributed by atoms with Crippen LogP contribution in [0.3, 0.4) is 0 Å². The molecule has 0 unspecified atom stereocenters. The number of benzene rings is 2. The highest BCUT2D eigenvalue weighted by atomic mass is 35.5. The van der Waals surface area contributed by atoms with Crippen LogP contribution in [0.15, 0.2) is 47.4 Å². The molecule has 0 heterocycles. The monoisotopic (exact) mass is 338 g/mol. The van der Waals surface area contributed by atoms with E-state index in [9.17, 15) is 14.0 Å². The summed E-state index contributed by atoms with van der Waals surface area (Å²) in [5.41, 5.74) is 5.02. The number of thioether (sulfide) groups is 1. The van der Waals surface area contributed by atoms with Crippen LogP contribution in [-0.4, -0.2) is 18.1 Å². The third-order valence-electron chi connectivity index (χ3n) is 2.81. The molecule has 2 aromatic rings. The van der Waals surface area contributed by atoms with Gasteiger partial charge in [-0.25, -0.2) is 4.39 Å². The van der Waals surface area contributed by atoms with E-state index in [2.05, 4.69) is 10.9 Å². The van der Waals surface area contributed by atoms with Gasteiger partial charge in [0.2, 0.25) is 0 Å². The van der Waals surface area contributed by atoms with Crippen LogP contribution < -0.4 is 10.9 Å². The number of amides is 2. The van der Waals surface area contributed by atoms with Gasteiger partial charge >= 0.3 is 0 Å². The highest BCUT2D eigenvalue weighted by Gasteiger charge is 2.13. The van der Waals surface area contributed by atoms with Crippen LogP contribution in [0.4, 0.5) is 4.39 Å². The van der Waals surface area contributed by atoms with Crippen LogP contribution in [0.25, 0.3) is 0 Å². The first-order valence-electron chi connectivity index (χ1n) is 6.21. The Morgan fingerprint density at radius 1 is 1.05 bits per heavy atom. The molecule has 0 spiro atoms. The van der Waals surface area contributed by atoms with E-state index in [0.29, 0.717) is 0 Å². The minimum Gasteiger partial charge on any atom is -0.267 e. The van der Waals surface area contributed by atoms with Gasteiger partial charge in [-0.3, -0.25) is 20.4 Å². The van der Waals surface area contributed by atoms with Crippen LogP contribution >= 0.6 is 23.4 Å². The molecular weight excluding hydrogens is 327 g/mol. The fourth-order valence-corrected chi connectivity index (χ4v) is 2.30. The standard InChI is InChI=1S/C15H12ClFN2O2S/c1-22-11-6-7-13(16)12(8-11)15(21)19-18-14(20)9-2-4-10(17)5-3-9/h2-8H,1H3,(H,18,20)(H,19,21). The number of carbonyl (C=O) groups is 2. The molecule has 0 radical (unpaired) electrons. The molecule has 2 rings (SSSR count). The average Bonchev–Trinajstić information content (AvgIpc) is 2.53. The van der Waals surface area contributed by atoms with Gasteiger partial charge in [0.15, 0.2) is 0 Å². The average molecular weight is 339 g/mol. The molecule has 0 aromatic heterocycles. The van der Waals surface area contributed by atoms with Crippen molar-refractivity contribution in [2.75, 3.05) is 6.26 Å². The molecule has 2 aromatic carbocycles. The highest BCUT2D eigenvalue weighted by Crippen LogP contribution is 2.22. The predicted molar refractivity (Wildman–Crippen MR) is 84.6 cm³/mol. The normalized spacial score (nSPS) is 10.1. The van der Waals surface area contributed by atoms with Gasteiger partial charge in [-0.2, -0.15) is 0 Å². The van der Waals surface area contributed by atoms with Gasteiger partial charge in [0.1, 0.15) is 5.82 Å². The molecule has 0 fully saturated rings. The minimum atomic E-state index is -0.550. The first-order valence-corrected chi connectivity index (χ1v) is 7.81. The number of nitrogens with one attached hydrogen (secondary N) is 2. The summed E-state index contributed by atoms with van der Waals surface area (Å²) in [6.45, 7) is 0. The summed E-state index contributed by atoms with van der Waals surface area (Å²) in [5.74, 6) is -1.52. The zero-order valence-corrected chi connectivity index (χ0v) is 13.1. The summed E-state index contributed by atoms with van der Waals surface area (Å²) in [6.07, 6.45) is 1.88. The van der Waals surface area contributed by atoms with Crippen molar-refractivity contribution < 1.29 is 14.0 Å². The molecular formula is C15H12ClFN2O2S. The number of halogens is 2. The van der Waals surface area contributed by atoms with Crippen molar-refractivity contribution in [3.63, 3.8) is 0 Å². The van der Waals surface area contributed by atoms with Gasteiger partial charge in [0.05, 0.1) is 10.6 Å². The maximum absolute atomic E-state index is 12.8. The summed E-state index contributed by atoms with van der Waals surface area (Å²) in [7, 11) is 0. The second-order valence-electron chi connectivity index (χ2n) is 4.26. The van der Waals surface area contributed by atoms with Gasteiger partial charge < -0.3 is 0 Å². The molecule has 22 heavy (non-hydrogen) atoms.